The summed E-state index contributed by atoms with van der Waals surface area (Å²) < 4.78 is 6.66. The monoisotopic (exact) mass is 269 g/mol. The van der Waals surface area contributed by atoms with Gasteiger partial charge in [-0.3, -0.25) is 4.68 Å². The average Bonchev–Trinajstić information content (AvgIpc) is 2.68. The van der Waals surface area contributed by atoms with Gasteiger partial charge in [0.15, 0.2) is 5.69 Å². The molecule has 0 aliphatic carbocycles. The Labute approximate surface area is 113 Å². The van der Waals surface area contributed by atoms with Crippen LogP contribution < -0.4 is 5.73 Å². The molecule has 1 aromatic heterocycles. The summed E-state index contributed by atoms with van der Waals surface area (Å²) in [6.45, 7) is 2.52. The highest BCUT2D eigenvalue weighted by Gasteiger charge is 2.20. The fourth-order valence-corrected chi connectivity index (χ4v) is 1.90. The van der Waals surface area contributed by atoms with Crippen molar-refractivity contribution in [2.75, 3.05) is 18.9 Å². The summed E-state index contributed by atoms with van der Waals surface area (Å²) in [6, 6.07) is 0. The second kappa shape index (κ2) is 7.78. The van der Waals surface area contributed by atoms with Gasteiger partial charge in [0.05, 0.1) is 18.0 Å². The molecule has 0 fully saturated rings. The maximum atomic E-state index is 11.9. The first kappa shape index (κ1) is 15.5. The highest BCUT2D eigenvalue weighted by Crippen LogP contribution is 2.18. The van der Waals surface area contributed by atoms with E-state index in [1.54, 1.807) is 7.05 Å². The third kappa shape index (κ3) is 4.24. The van der Waals surface area contributed by atoms with Gasteiger partial charge in [0.2, 0.25) is 0 Å². The summed E-state index contributed by atoms with van der Waals surface area (Å²) in [5.74, 6) is -0.422. The predicted octanol–water partition coefficient (Wildman–Crippen LogP) is 1.27. The lowest BCUT2D eigenvalue weighted by atomic mass is 10.2. The Hall–Kier alpha value is -1.56. The first-order valence-electron chi connectivity index (χ1n) is 6.71. The van der Waals surface area contributed by atoms with E-state index in [1.165, 1.54) is 4.68 Å². The number of hydrogen-bond donors (Lipinski definition) is 2. The Morgan fingerprint density at radius 2 is 2.05 bits per heavy atom. The largest absolute Gasteiger partial charge is 0.461 e. The molecule has 0 atom stereocenters. The number of anilines is 1. The molecule has 6 nitrogen and oxygen atoms in total. The number of ether oxygens (including phenoxy) is 1. The van der Waals surface area contributed by atoms with Gasteiger partial charge in [-0.2, -0.15) is 5.10 Å². The molecule has 3 N–H and O–H groups in total. The molecule has 0 saturated carbocycles. The number of carbonyl (C=O) groups excluding carboxylic acids is 1. The second-order valence-corrected chi connectivity index (χ2v) is 4.46. The Balaban J connectivity index is 2.43. The SMILES string of the molecule is CCc1nn(C)c(C(=O)OCCCCCCO)c1N. The highest BCUT2D eigenvalue weighted by atomic mass is 16.5. The third-order valence-electron chi connectivity index (χ3n) is 2.97. The van der Waals surface area contributed by atoms with E-state index in [0.717, 1.165) is 31.4 Å². The summed E-state index contributed by atoms with van der Waals surface area (Å²) in [6.07, 6.45) is 4.16. The lowest BCUT2D eigenvalue weighted by Crippen LogP contribution is -2.13. The van der Waals surface area contributed by atoms with E-state index in [-0.39, 0.29) is 6.61 Å². The minimum atomic E-state index is -0.422. The summed E-state index contributed by atoms with van der Waals surface area (Å²) in [5, 5.41) is 12.8. The van der Waals surface area contributed by atoms with Gasteiger partial charge in [-0.1, -0.05) is 13.3 Å². The van der Waals surface area contributed by atoms with Crippen LogP contribution in [0.15, 0.2) is 0 Å². The Kier molecular flexibility index (Phi) is 6.35. The quantitative estimate of drug-likeness (QED) is 0.548. The number of rotatable bonds is 8. The third-order valence-corrected chi connectivity index (χ3v) is 2.97. The van der Waals surface area contributed by atoms with Crippen molar-refractivity contribution in [1.29, 1.82) is 0 Å². The summed E-state index contributed by atoms with van der Waals surface area (Å²) in [7, 11) is 1.69. The molecule has 1 heterocycles. The lowest BCUT2D eigenvalue weighted by Gasteiger charge is -2.05. The molecule has 0 aliphatic heterocycles. The van der Waals surface area contributed by atoms with Gasteiger partial charge in [-0.25, -0.2) is 4.79 Å². The second-order valence-electron chi connectivity index (χ2n) is 4.46. The van der Waals surface area contributed by atoms with Gasteiger partial charge >= 0.3 is 5.97 Å². The first-order valence-corrected chi connectivity index (χ1v) is 6.71. The molecular formula is C13H23N3O3. The van der Waals surface area contributed by atoms with Crippen LogP contribution in [0.2, 0.25) is 0 Å². The fraction of sp³-hybridized carbons (Fsp3) is 0.692. The molecule has 0 spiro atoms. The van der Waals surface area contributed by atoms with E-state index in [0.29, 0.717) is 24.4 Å². The summed E-state index contributed by atoms with van der Waals surface area (Å²) >= 11 is 0. The maximum absolute atomic E-state index is 11.9. The molecular weight excluding hydrogens is 246 g/mol. The zero-order valence-corrected chi connectivity index (χ0v) is 11.7. The molecule has 6 heteroatoms. The van der Waals surface area contributed by atoms with E-state index in [9.17, 15) is 4.79 Å². The Morgan fingerprint density at radius 3 is 2.63 bits per heavy atom. The minimum Gasteiger partial charge on any atom is -0.461 e. The molecule has 108 valence electrons. The number of unbranched alkanes of at least 4 members (excludes halogenated alkanes) is 3. The first-order chi connectivity index (χ1) is 9.11. The lowest BCUT2D eigenvalue weighted by molar-refractivity contribution is 0.0486. The smallest absolute Gasteiger partial charge is 0.358 e. The van der Waals surface area contributed by atoms with Crippen LogP contribution in [-0.4, -0.2) is 34.1 Å². The molecule has 0 amide bonds. The van der Waals surface area contributed by atoms with Crippen molar-refractivity contribution in [2.45, 2.75) is 39.0 Å². The number of aryl methyl sites for hydroxylation is 2. The number of esters is 1. The van der Waals surface area contributed by atoms with Crippen molar-refractivity contribution in [3.63, 3.8) is 0 Å². The average molecular weight is 269 g/mol. The van der Waals surface area contributed by atoms with Gasteiger partial charge in [0.25, 0.3) is 0 Å². The molecule has 0 unspecified atom stereocenters. The molecule has 0 bridgehead atoms. The molecule has 0 aromatic carbocycles. The zero-order valence-electron chi connectivity index (χ0n) is 11.7. The fourth-order valence-electron chi connectivity index (χ4n) is 1.90. The van der Waals surface area contributed by atoms with Crippen molar-refractivity contribution in [1.82, 2.24) is 9.78 Å². The van der Waals surface area contributed by atoms with Crippen LogP contribution >= 0.6 is 0 Å². The van der Waals surface area contributed by atoms with Crippen LogP contribution in [0.5, 0.6) is 0 Å². The predicted molar refractivity (Wildman–Crippen MR) is 72.8 cm³/mol. The molecule has 0 radical (unpaired) electrons. The summed E-state index contributed by atoms with van der Waals surface area (Å²) in [4.78, 5) is 11.9. The van der Waals surface area contributed by atoms with E-state index in [2.05, 4.69) is 5.10 Å². The van der Waals surface area contributed by atoms with Crippen LogP contribution in [0.3, 0.4) is 0 Å². The number of nitrogen functional groups attached to an aromatic ring is 1. The molecule has 0 aliphatic rings. The van der Waals surface area contributed by atoms with Crippen molar-refractivity contribution in [2.24, 2.45) is 7.05 Å². The van der Waals surface area contributed by atoms with Crippen molar-refractivity contribution in [3.05, 3.63) is 11.4 Å². The van der Waals surface area contributed by atoms with Gasteiger partial charge in [-0.05, 0) is 25.7 Å². The topological polar surface area (TPSA) is 90.4 Å². The van der Waals surface area contributed by atoms with Gasteiger partial charge in [-0.15, -0.1) is 0 Å². The number of aliphatic hydroxyl groups excluding tert-OH is 1. The van der Waals surface area contributed by atoms with Gasteiger partial charge in [0.1, 0.15) is 0 Å². The molecule has 19 heavy (non-hydrogen) atoms. The van der Waals surface area contributed by atoms with Crippen molar-refractivity contribution in [3.8, 4) is 0 Å². The van der Waals surface area contributed by atoms with E-state index in [1.807, 2.05) is 6.92 Å². The number of aliphatic hydroxyl groups is 1. The van der Waals surface area contributed by atoms with Crippen molar-refractivity contribution < 1.29 is 14.6 Å². The number of aromatic nitrogens is 2. The number of carbonyl (C=O) groups is 1. The number of hydrogen-bond acceptors (Lipinski definition) is 5. The minimum absolute atomic E-state index is 0.213. The van der Waals surface area contributed by atoms with E-state index < -0.39 is 5.97 Å². The molecule has 0 saturated heterocycles. The van der Waals surface area contributed by atoms with Crippen LogP contribution in [0.4, 0.5) is 5.69 Å². The van der Waals surface area contributed by atoms with E-state index in [4.69, 9.17) is 15.6 Å². The summed E-state index contributed by atoms with van der Waals surface area (Å²) in [5.41, 5.74) is 7.33. The van der Waals surface area contributed by atoms with Crippen LogP contribution in [-0.2, 0) is 18.2 Å². The zero-order chi connectivity index (χ0) is 14.3. The Morgan fingerprint density at radius 1 is 1.37 bits per heavy atom. The highest BCUT2D eigenvalue weighted by molar-refractivity contribution is 5.93. The number of nitrogens with zero attached hydrogens (tertiary/aromatic N) is 2. The molecule has 1 aromatic rings. The van der Waals surface area contributed by atoms with Crippen LogP contribution in [0.1, 0.15) is 48.8 Å². The molecule has 1 rings (SSSR count). The van der Waals surface area contributed by atoms with E-state index >= 15 is 0 Å². The standard InChI is InChI=1S/C13H23N3O3/c1-3-10-11(14)12(16(2)15-10)13(18)19-9-7-5-4-6-8-17/h17H,3-9,14H2,1-2H3. The number of nitrogens with two attached hydrogens (primary N) is 1. The normalized spacial score (nSPS) is 10.7. The van der Waals surface area contributed by atoms with Crippen LogP contribution in [0, 0.1) is 0 Å². The van der Waals surface area contributed by atoms with Crippen LogP contribution in [0.25, 0.3) is 0 Å². The Bertz CT molecular complexity index is 416. The maximum Gasteiger partial charge on any atom is 0.358 e. The van der Waals surface area contributed by atoms with Crippen molar-refractivity contribution >= 4 is 11.7 Å². The van der Waals surface area contributed by atoms with Gasteiger partial charge < -0.3 is 15.6 Å². The van der Waals surface area contributed by atoms with Gasteiger partial charge in [0, 0.05) is 13.7 Å².